The molecule has 5 nitrogen and oxygen atoms in total. The van der Waals surface area contributed by atoms with E-state index in [1.54, 1.807) is 0 Å². The van der Waals surface area contributed by atoms with Crippen molar-refractivity contribution in [2.75, 3.05) is 0 Å². The van der Waals surface area contributed by atoms with Gasteiger partial charge in [0.1, 0.15) is 11.2 Å². The summed E-state index contributed by atoms with van der Waals surface area (Å²) < 4.78 is 11.4. The van der Waals surface area contributed by atoms with Crippen LogP contribution in [0.2, 0.25) is 0 Å². The summed E-state index contributed by atoms with van der Waals surface area (Å²) in [5.74, 6) is 1.87. The second-order valence-corrected chi connectivity index (χ2v) is 13.8. The van der Waals surface area contributed by atoms with E-state index in [2.05, 4.69) is 89.5 Å². The molecule has 0 unspecified atom stereocenters. The third-order valence-corrected chi connectivity index (χ3v) is 11.1. The van der Waals surface area contributed by atoms with E-state index in [-0.39, 0.29) is 0 Å². The van der Waals surface area contributed by atoms with Crippen molar-refractivity contribution in [3.05, 3.63) is 158 Å². The fraction of sp³-hybridized carbons (Fsp3) is 0. The lowest BCUT2D eigenvalue weighted by atomic mass is 10.0. The van der Waals surface area contributed by atoms with Crippen molar-refractivity contribution in [1.29, 1.82) is 0 Å². The molecule has 0 radical (unpaired) electrons. The molecule has 0 saturated carbocycles. The van der Waals surface area contributed by atoms with Crippen molar-refractivity contribution in [2.45, 2.75) is 0 Å². The van der Waals surface area contributed by atoms with Gasteiger partial charge in [0.05, 0.1) is 21.4 Å². The summed E-state index contributed by atoms with van der Waals surface area (Å²) in [6, 6.07) is 54.7. The molecule has 0 bridgehead atoms. The topological polar surface area (TPSA) is 56.7 Å². The van der Waals surface area contributed by atoms with Gasteiger partial charge in [-0.3, -0.25) is 0 Å². The highest BCUT2D eigenvalue weighted by Crippen LogP contribution is 2.47. The number of nitrogens with zero attached hydrogens (tertiary/aromatic N) is 4. The smallest absolute Gasteiger partial charge is 0.164 e. The highest BCUT2D eigenvalue weighted by Gasteiger charge is 2.22. The van der Waals surface area contributed by atoms with Crippen molar-refractivity contribution in [3.63, 3.8) is 0 Å². The maximum atomic E-state index is 6.60. The number of hydrogen-bond acceptors (Lipinski definition) is 5. The number of furan rings is 1. The lowest BCUT2D eigenvalue weighted by Gasteiger charge is -2.09. The second-order valence-electron chi connectivity index (χ2n) is 12.8. The predicted octanol–water partition coefficient (Wildman–Crippen LogP) is 12.2. The van der Waals surface area contributed by atoms with E-state index < -0.39 is 0 Å². The summed E-state index contributed by atoms with van der Waals surface area (Å²) in [5, 5.41) is 7.01. The first-order chi connectivity index (χ1) is 25.3. The Bertz CT molecular complexity index is 3030. The van der Waals surface area contributed by atoms with Gasteiger partial charge in [-0.1, -0.05) is 121 Å². The SMILES string of the molecule is c1ccc(-c2nc(-c3ccccc3)nc(-c3cccc4oc5ccc6c7cccc(-n8c9ccccc9c9ccccc98)c7sc6c5c34)n2)cc1. The molecule has 0 amide bonds. The van der Waals surface area contributed by atoms with Crippen molar-refractivity contribution in [1.82, 2.24) is 19.5 Å². The fourth-order valence-electron chi connectivity index (χ4n) is 7.62. The Kier molecular flexibility index (Phi) is 6.05. The van der Waals surface area contributed by atoms with E-state index in [1.165, 1.54) is 47.7 Å². The van der Waals surface area contributed by atoms with E-state index in [4.69, 9.17) is 19.4 Å². The molecule has 0 aliphatic carbocycles. The third-order valence-electron chi connectivity index (χ3n) is 9.87. The molecule has 7 aromatic carbocycles. The van der Waals surface area contributed by atoms with Crippen LogP contribution < -0.4 is 0 Å². The lowest BCUT2D eigenvalue weighted by molar-refractivity contribution is 0.669. The lowest BCUT2D eigenvalue weighted by Crippen LogP contribution is -2.00. The summed E-state index contributed by atoms with van der Waals surface area (Å²) in [5.41, 5.74) is 8.00. The van der Waals surface area contributed by atoms with Gasteiger partial charge in [-0.05, 0) is 36.4 Å². The van der Waals surface area contributed by atoms with E-state index in [0.717, 1.165) is 38.6 Å². The minimum absolute atomic E-state index is 0.611. The number of fused-ring (bicyclic) bond motifs is 10. The zero-order valence-corrected chi connectivity index (χ0v) is 27.9. The minimum atomic E-state index is 0.611. The standard InChI is InChI=1S/C45H26N4OS/c1-3-13-27(14-4-1)43-46-44(28-15-5-2-6-16-28)48-45(47-43)33-20-12-24-37-39(33)40-38(50-37)26-25-32-31-19-11-23-36(41(31)51-42(32)40)49-34-21-9-7-17-29(34)30-18-8-10-22-35(30)49/h1-26H. The Balaban J connectivity index is 1.21. The molecule has 4 heterocycles. The molecule has 0 fully saturated rings. The molecular formula is C45H26N4OS. The fourth-order valence-corrected chi connectivity index (χ4v) is 8.97. The van der Waals surface area contributed by atoms with Gasteiger partial charge in [0.2, 0.25) is 0 Å². The molecule has 0 aliphatic heterocycles. The number of rotatable bonds is 4. The van der Waals surface area contributed by atoms with E-state index >= 15 is 0 Å². The summed E-state index contributed by atoms with van der Waals surface area (Å²) in [7, 11) is 0. The molecule has 0 N–H and O–H groups in total. The van der Waals surface area contributed by atoms with E-state index in [9.17, 15) is 0 Å². The number of benzene rings is 7. The Morgan fingerprint density at radius 3 is 1.65 bits per heavy atom. The zero-order chi connectivity index (χ0) is 33.5. The number of hydrogen-bond donors (Lipinski definition) is 0. The van der Waals surface area contributed by atoms with E-state index in [1.807, 2.05) is 84.1 Å². The summed E-state index contributed by atoms with van der Waals surface area (Å²) in [6.07, 6.45) is 0. The highest BCUT2D eigenvalue weighted by atomic mass is 32.1. The molecule has 51 heavy (non-hydrogen) atoms. The normalized spacial score (nSPS) is 11.9. The van der Waals surface area contributed by atoms with Gasteiger partial charge >= 0.3 is 0 Å². The van der Waals surface area contributed by atoms with Crippen LogP contribution in [0.1, 0.15) is 0 Å². The van der Waals surface area contributed by atoms with Gasteiger partial charge in [-0.2, -0.15) is 0 Å². The van der Waals surface area contributed by atoms with Crippen molar-refractivity contribution < 1.29 is 4.42 Å². The van der Waals surface area contributed by atoms with Gasteiger partial charge in [0.15, 0.2) is 17.5 Å². The van der Waals surface area contributed by atoms with Crippen molar-refractivity contribution in [2.24, 2.45) is 0 Å². The van der Waals surface area contributed by atoms with Crippen molar-refractivity contribution >= 4 is 75.3 Å². The maximum absolute atomic E-state index is 6.60. The molecule has 0 atom stereocenters. The van der Waals surface area contributed by atoms with Crippen LogP contribution in [-0.2, 0) is 0 Å². The first-order valence-corrected chi connectivity index (χ1v) is 17.8. The molecule has 6 heteroatoms. The molecule has 0 spiro atoms. The average molecular weight is 671 g/mol. The number of thiophene rings is 1. The molecule has 0 aliphatic rings. The van der Waals surface area contributed by atoms with Crippen molar-refractivity contribution in [3.8, 4) is 39.9 Å². The summed E-state index contributed by atoms with van der Waals surface area (Å²) in [6.45, 7) is 0. The van der Waals surface area contributed by atoms with Crippen LogP contribution in [0.15, 0.2) is 162 Å². The van der Waals surface area contributed by atoms with Gasteiger partial charge in [0.25, 0.3) is 0 Å². The van der Waals surface area contributed by atoms with Crippen LogP contribution in [0.5, 0.6) is 0 Å². The zero-order valence-electron chi connectivity index (χ0n) is 27.1. The Labute approximate surface area is 295 Å². The average Bonchev–Trinajstić information content (AvgIpc) is 3.88. The highest BCUT2D eigenvalue weighted by molar-refractivity contribution is 7.27. The quantitative estimate of drug-likeness (QED) is 0.187. The molecule has 11 rings (SSSR count). The Hall–Kier alpha value is -6.63. The molecular weight excluding hydrogens is 645 g/mol. The predicted molar refractivity (Wildman–Crippen MR) is 211 cm³/mol. The third kappa shape index (κ3) is 4.24. The first kappa shape index (κ1) is 28.2. The van der Waals surface area contributed by atoms with Gasteiger partial charge in [-0.25, -0.2) is 15.0 Å². The summed E-state index contributed by atoms with van der Waals surface area (Å²) in [4.78, 5) is 15.1. The molecule has 11 aromatic rings. The molecule has 4 aromatic heterocycles. The van der Waals surface area contributed by atoms with E-state index in [0.29, 0.717) is 17.5 Å². The molecule has 0 saturated heterocycles. The van der Waals surface area contributed by atoms with Crippen LogP contribution in [0, 0.1) is 0 Å². The largest absolute Gasteiger partial charge is 0.456 e. The second kappa shape index (κ2) is 10.9. The molecule has 238 valence electrons. The Morgan fingerprint density at radius 1 is 0.412 bits per heavy atom. The van der Waals surface area contributed by atoms with Gasteiger partial charge < -0.3 is 8.98 Å². The van der Waals surface area contributed by atoms with Crippen LogP contribution >= 0.6 is 11.3 Å². The monoisotopic (exact) mass is 670 g/mol. The van der Waals surface area contributed by atoms with Crippen LogP contribution in [0.4, 0.5) is 0 Å². The number of aromatic nitrogens is 4. The number of para-hydroxylation sites is 2. The summed E-state index contributed by atoms with van der Waals surface area (Å²) >= 11 is 1.82. The van der Waals surface area contributed by atoms with Crippen LogP contribution in [-0.4, -0.2) is 19.5 Å². The minimum Gasteiger partial charge on any atom is -0.456 e. The van der Waals surface area contributed by atoms with Gasteiger partial charge in [0, 0.05) is 53.7 Å². The first-order valence-electron chi connectivity index (χ1n) is 17.0. The maximum Gasteiger partial charge on any atom is 0.164 e. The van der Waals surface area contributed by atoms with Crippen LogP contribution in [0.25, 0.3) is 104 Å². The Morgan fingerprint density at radius 2 is 0.961 bits per heavy atom. The van der Waals surface area contributed by atoms with Crippen LogP contribution in [0.3, 0.4) is 0 Å². The van der Waals surface area contributed by atoms with Gasteiger partial charge in [-0.15, -0.1) is 11.3 Å².